The Morgan fingerprint density at radius 3 is 2.89 bits per heavy atom. The number of aromatic hydroxyl groups is 1. The molecule has 100 valence electrons. The molecule has 2 rings (SSSR count). The van der Waals surface area contributed by atoms with Gasteiger partial charge in [0.1, 0.15) is 0 Å². The third-order valence-corrected chi connectivity index (χ3v) is 3.24. The van der Waals surface area contributed by atoms with Crippen LogP contribution in [0.3, 0.4) is 0 Å². The van der Waals surface area contributed by atoms with Crippen LogP contribution in [0.25, 0.3) is 0 Å². The number of rotatable bonds is 5. The van der Waals surface area contributed by atoms with Gasteiger partial charge in [-0.25, -0.2) is 0 Å². The van der Waals surface area contributed by atoms with Crippen molar-refractivity contribution in [2.24, 2.45) is 0 Å². The van der Waals surface area contributed by atoms with E-state index in [0.717, 1.165) is 18.5 Å². The predicted octanol–water partition coefficient (Wildman–Crippen LogP) is 2.09. The zero-order valence-electron chi connectivity index (χ0n) is 11.0. The SMILES string of the molecule is CCOc1cc(CC2CCCN2)cc(O)c1OC. The van der Waals surface area contributed by atoms with Crippen molar-refractivity contribution < 1.29 is 14.6 Å². The highest BCUT2D eigenvalue weighted by molar-refractivity contribution is 5.53. The fraction of sp³-hybridized carbons (Fsp3) is 0.571. The van der Waals surface area contributed by atoms with Gasteiger partial charge in [0.15, 0.2) is 11.5 Å². The fourth-order valence-corrected chi connectivity index (χ4v) is 2.44. The van der Waals surface area contributed by atoms with Gasteiger partial charge in [-0.2, -0.15) is 0 Å². The lowest BCUT2D eigenvalue weighted by Gasteiger charge is -2.15. The van der Waals surface area contributed by atoms with Crippen LogP contribution in [-0.4, -0.2) is 31.4 Å². The Morgan fingerprint density at radius 1 is 1.44 bits per heavy atom. The molecule has 2 N–H and O–H groups in total. The molecule has 1 fully saturated rings. The molecule has 4 nitrogen and oxygen atoms in total. The molecule has 0 bridgehead atoms. The second-order valence-electron chi connectivity index (χ2n) is 4.58. The summed E-state index contributed by atoms with van der Waals surface area (Å²) in [7, 11) is 1.54. The molecule has 1 saturated heterocycles. The highest BCUT2D eigenvalue weighted by atomic mass is 16.5. The zero-order valence-corrected chi connectivity index (χ0v) is 11.0. The molecule has 1 aromatic carbocycles. The molecule has 1 aromatic rings. The largest absolute Gasteiger partial charge is 0.504 e. The number of nitrogens with one attached hydrogen (secondary N) is 1. The monoisotopic (exact) mass is 251 g/mol. The first kappa shape index (κ1) is 13.0. The number of phenols is 1. The summed E-state index contributed by atoms with van der Waals surface area (Å²) in [4.78, 5) is 0. The number of phenolic OH excluding ortho intramolecular Hbond substituents is 1. The molecule has 1 unspecified atom stereocenters. The molecular formula is C14H21NO3. The smallest absolute Gasteiger partial charge is 0.203 e. The van der Waals surface area contributed by atoms with Crippen molar-refractivity contribution in [2.75, 3.05) is 20.3 Å². The van der Waals surface area contributed by atoms with Crippen molar-refractivity contribution in [3.05, 3.63) is 17.7 Å². The lowest BCUT2D eigenvalue weighted by atomic mass is 10.0. The Balaban J connectivity index is 2.19. The van der Waals surface area contributed by atoms with Crippen LogP contribution < -0.4 is 14.8 Å². The van der Waals surface area contributed by atoms with E-state index < -0.39 is 0 Å². The molecule has 0 aliphatic carbocycles. The van der Waals surface area contributed by atoms with Crippen LogP contribution in [0.2, 0.25) is 0 Å². The number of ether oxygens (including phenoxy) is 2. The van der Waals surface area contributed by atoms with Gasteiger partial charge in [-0.05, 0) is 50.4 Å². The lowest BCUT2D eigenvalue weighted by Crippen LogP contribution is -2.23. The maximum atomic E-state index is 9.95. The van der Waals surface area contributed by atoms with E-state index in [0.29, 0.717) is 24.1 Å². The van der Waals surface area contributed by atoms with Gasteiger partial charge in [0.05, 0.1) is 13.7 Å². The number of hydrogen-bond acceptors (Lipinski definition) is 4. The average Bonchev–Trinajstić information content (AvgIpc) is 2.82. The van der Waals surface area contributed by atoms with Crippen LogP contribution in [0.5, 0.6) is 17.2 Å². The predicted molar refractivity (Wildman–Crippen MR) is 70.6 cm³/mol. The maximum absolute atomic E-state index is 9.95. The van der Waals surface area contributed by atoms with E-state index in [1.807, 2.05) is 13.0 Å². The van der Waals surface area contributed by atoms with Crippen molar-refractivity contribution in [3.8, 4) is 17.2 Å². The van der Waals surface area contributed by atoms with E-state index in [-0.39, 0.29) is 5.75 Å². The molecule has 18 heavy (non-hydrogen) atoms. The first-order valence-corrected chi connectivity index (χ1v) is 6.50. The minimum absolute atomic E-state index is 0.149. The Labute approximate surface area is 108 Å². The lowest BCUT2D eigenvalue weighted by molar-refractivity contribution is 0.299. The molecular weight excluding hydrogens is 230 g/mol. The summed E-state index contributed by atoms with van der Waals surface area (Å²) < 4.78 is 10.7. The van der Waals surface area contributed by atoms with Crippen LogP contribution >= 0.6 is 0 Å². The maximum Gasteiger partial charge on any atom is 0.203 e. The van der Waals surface area contributed by atoms with E-state index in [1.165, 1.54) is 20.0 Å². The van der Waals surface area contributed by atoms with Crippen molar-refractivity contribution in [2.45, 2.75) is 32.2 Å². The summed E-state index contributed by atoms with van der Waals surface area (Å²) in [5.74, 6) is 1.18. The molecule has 4 heteroatoms. The van der Waals surface area contributed by atoms with E-state index in [4.69, 9.17) is 9.47 Å². The topological polar surface area (TPSA) is 50.7 Å². The third kappa shape index (κ3) is 2.88. The van der Waals surface area contributed by atoms with Crippen LogP contribution in [0.15, 0.2) is 12.1 Å². The van der Waals surface area contributed by atoms with Gasteiger partial charge in [0.25, 0.3) is 0 Å². The van der Waals surface area contributed by atoms with E-state index in [2.05, 4.69) is 5.32 Å². The summed E-state index contributed by atoms with van der Waals surface area (Å²) in [5, 5.41) is 13.4. The third-order valence-electron chi connectivity index (χ3n) is 3.24. The van der Waals surface area contributed by atoms with Gasteiger partial charge >= 0.3 is 0 Å². The Morgan fingerprint density at radius 2 is 2.28 bits per heavy atom. The van der Waals surface area contributed by atoms with Gasteiger partial charge < -0.3 is 19.9 Å². The molecule has 1 atom stereocenters. The van der Waals surface area contributed by atoms with Crippen LogP contribution in [0, 0.1) is 0 Å². The van der Waals surface area contributed by atoms with Crippen LogP contribution in [0.1, 0.15) is 25.3 Å². The molecule has 0 spiro atoms. The Bertz CT molecular complexity index is 400. The fourth-order valence-electron chi connectivity index (χ4n) is 2.44. The van der Waals surface area contributed by atoms with Crippen molar-refractivity contribution in [1.82, 2.24) is 5.32 Å². The zero-order chi connectivity index (χ0) is 13.0. The Kier molecular flexibility index (Phi) is 4.31. The summed E-state index contributed by atoms with van der Waals surface area (Å²) >= 11 is 0. The first-order valence-electron chi connectivity index (χ1n) is 6.50. The van der Waals surface area contributed by atoms with E-state index in [9.17, 15) is 5.11 Å². The second-order valence-corrected chi connectivity index (χ2v) is 4.58. The molecule has 0 aromatic heterocycles. The number of benzene rings is 1. The van der Waals surface area contributed by atoms with Crippen molar-refractivity contribution in [1.29, 1.82) is 0 Å². The second kappa shape index (κ2) is 5.96. The van der Waals surface area contributed by atoms with Crippen LogP contribution in [0.4, 0.5) is 0 Å². The Hall–Kier alpha value is -1.42. The van der Waals surface area contributed by atoms with Crippen molar-refractivity contribution >= 4 is 0 Å². The summed E-state index contributed by atoms with van der Waals surface area (Å²) in [6, 6.07) is 4.23. The standard InChI is InChI=1S/C14H21NO3/c1-3-18-13-9-10(7-11-5-4-6-15-11)8-12(16)14(13)17-2/h8-9,11,15-16H,3-7H2,1-2H3. The molecule has 1 aliphatic rings. The van der Waals surface area contributed by atoms with Gasteiger partial charge in [0, 0.05) is 6.04 Å². The molecule has 0 saturated carbocycles. The molecule has 0 amide bonds. The van der Waals surface area contributed by atoms with Gasteiger partial charge in [-0.3, -0.25) is 0 Å². The first-order chi connectivity index (χ1) is 8.74. The van der Waals surface area contributed by atoms with Crippen LogP contribution in [-0.2, 0) is 6.42 Å². The average molecular weight is 251 g/mol. The quantitative estimate of drug-likeness (QED) is 0.841. The normalized spacial score (nSPS) is 18.9. The minimum Gasteiger partial charge on any atom is -0.504 e. The molecule has 0 radical (unpaired) electrons. The summed E-state index contributed by atoms with van der Waals surface area (Å²) in [6.07, 6.45) is 3.33. The number of methoxy groups -OCH3 is 1. The molecule has 1 heterocycles. The van der Waals surface area contributed by atoms with Gasteiger partial charge in [0.2, 0.25) is 5.75 Å². The van der Waals surface area contributed by atoms with Gasteiger partial charge in [-0.15, -0.1) is 0 Å². The minimum atomic E-state index is 0.149. The highest BCUT2D eigenvalue weighted by Crippen LogP contribution is 2.38. The molecule has 1 aliphatic heterocycles. The summed E-state index contributed by atoms with van der Waals surface area (Å²) in [5.41, 5.74) is 1.08. The van der Waals surface area contributed by atoms with E-state index >= 15 is 0 Å². The van der Waals surface area contributed by atoms with E-state index in [1.54, 1.807) is 6.07 Å². The van der Waals surface area contributed by atoms with Crippen molar-refractivity contribution in [3.63, 3.8) is 0 Å². The number of hydrogen-bond donors (Lipinski definition) is 2. The highest BCUT2D eigenvalue weighted by Gasteiger charge is 2.17. The summed E-state index contributed by atoms with van der Waals surface area (Å²) in [6.45, 7) is 3.56. The van der Waals surface area contributed by atoms with Gasteiger partial charge in [-0.1, -0.05) is 0 Å².